The molecule has 3 N–H and O–H groups in total. The minimum atomic E-state index is -0.418. The van der Waals surface area contributed by atoms with Crippen molar-refractivity contribution in [2.45, 2.75) is 110 Å². The molecule has 0 aromatic heterocycles. The van der Waals surface area contributed by atoms with Crippen molar-refractivity contribution in [2.24, 2.45) is 29.1 Å². The van der Waals surface area contributed by atoms with Crippen LogP contribution in [0.25, 0.3) is 0 Å². The number of hydrogen-bond donors (Lipinski definition) is 3. The van der Waals surface area contributed by atoms with Crippen molar-refractivity contribution in [2.75, 3.05) is 0 Å². The molecule has 3 rings (SSSR count). The van der Waals surface area contributed by atoms with Gasteiger partial charge in [0.15, 0.2) is 0 Å². The Kier molecular flexibility index (Phi) is 7.67. The maximum Gasteiger partial charge on any atom is 0.0627 e. The van der Waals surface area contributed by atoms with Crippen LogP contribution in [0.2, 0.25) is 0 Å². The van der Waals surface area contributed by atoms with E-state index < -0.39 is 12.2 Å². The van der Waals surface area contributed by atoms with Gasteiger partial charge in [-0.25, -0.2) is 0 Å². The lowest BCUT2D eigenvalue weighted by atomic mass is 9.60. The van der Waals surface area contributed by atoms with E-state index in [1.807, 2.05) is 13.8 Å². The maximum absolute atomic E-state index is 10.2. The second-order valence-electron chi connectivity index (χ2n) is 10.8. The molecule has 0 spiro atoms. The van der Waals surface area contributed by atoms with Gasteiger partial charge in [-0.1, -0.05) is 56.9 Å². The SMILES string of the molecule is CC(O)CCCC(C)C1CCC2C(=CC=C3CC(O)C(C)C(O)C3)CCCC21C. The second-order valence-corrected chi connectivity index (χ2v) is 10.8. The van der Waals surface area contributed by atoms with Crippen LogP contribution >= 0.6 is 0 Å². The lowest BCUT2D eigenvalue weighted by Gasteiger charge is -2.44. The summed E-state index contributed by atoms with van der Waals surface area (Å²) in [6.45, 7) is 8.82. The monoisotopic (exact) mass is 404 g/mol. The molecule has 0 amide bonds. The van der Waals surface area contributed by atoms with Crippen LogP contribution in [0.1, 0.15) is 91.9 Å². The summed E-state index contributed by atoms with van der Waals surface area (Å²) in [4.78, 5) is 0. The quantitative estimate of drug-likeness (QED) is 0.556. The summed E-state index contributed by atoms with van der Waals surface area (Å²) >= 11 is 0. The van der Waals surface area contributed by atoms with Gasteiger partial charge in [0.25, 0.3) is 0 Å². The summed E-state index contributed by atoms with van der Waals surface area (Å²) in [7, 11) is 0. The predicted molar refractivity (Wildman–Crippen MR) is 119 cm³/mol. The smallest absolute Gasteiger partial charge is 0.0627 e. The number of hydrogen-bond acceptors (Lipinski definition) is 3. The average Bonchev–Trinajstić information content (AvgIpc) is 3.01. The van der Waals surface area contributed by atoms with Gasteiger partial charge in [-0.15, -0.1) is 0 Å². The van der Waals surface area contributed by atoms with E-state index in [-0.39, 0.29) is 12.0 Å². The molecule has 0 bridgehead atoms. The van der Waals surface area contributed by atoms with E-state index in [0.29, 0.717) is 24.2 Å². The predicted octanol–water partition coefficient (Wildman–Crippen LogP) is 5.39. The van der Waals surface area contributed by atoms with Gasteiger partial charge in [0, 0.05) is 5.92 Å². The van der Waals surface area contributed by atoms with Crippen molar-refractivity contribution in [1.82, 2.24) is 0 Å². The molecule has 3 nitrogen and oxygen atoms in total. The van der Waals surface area contributed by atoms with Crippen LogP contribution in [-0.2, 0) is 0 Å². The minimum Gasteiger partial charge on any atom is -0.393 e. The van der Waals surface area contributed by atoms with Crippen LogP contribution in [-0.4, -0.2) is 33.6 Å². The fraction of sp³-hybridized carbons (Fsp3) is 0.846. The summed E-state index contributed by atoms with van der Waals surface area (Å²) in [6.07, 6.45) is 14.7. The van der Waals surface area contributed by atoms with Gasteiger partial charge in [0.05, 0.1) is 18.3 Å². The molecule has 0 aromatic rings. The molecule has 7 unspecified atom stereocenters. The van der Waals surface area contributed by atoms with Crippen LogP contribution in [0.5, 0.6) is 0 Å². The normalized spacial score (nSPS) is 41.3. The summed E-state index contributed by atoms with van der Waals surface area (Å²) in [5.74, 6) is 2.18. The van der Waals surface area contributed by atoms with E-state index in [0.717, 1.165) is 24.7 Å². The molecular weight excluding hydrogens is 360 g/mol. The third-order valence-corrected chi connectivity index (χ3v) is 8.70. The Labute approximate surface area is 178 Å². The maximum atomic E-state index is 10.2. The Morgan fingerprint density at radius 1 is 1.07 bits per heavy atom. The van der Waals surface area contributed by atoms with Crippen molar-refractivity contribution < 1.29 is 15.3 Å². The molecule has 0 radical (unpaired) electrons. The molecule has 166 valence electrons. The molecule has 0 aliphatic heterocycles. The highest BCUT2D eigenvalue weighted by molar-refractivity contribution is 5.26. The Hall–Kier alpha value is -0.640. The van der Waals surface area contributed by atoms with Crippen molar-refractivity contribution in [3.63, 3.8) is 0 Å². The van der Waals surface area contributed by atoms with E-state index in [1.54, 1.807) is 5.57 Å². The minimum absolute atomic E-state index is 0.0244. The molecule has 3 aliphatic carbocycles. The van der Waals surface area contributed by atoms with Crippen LogP contribution < -0.4 is 0 Å². The van der Waals surface area contributed by atoms with Crippen LogP contribution in [0.3, 0.4) is 0 Å². The highest BCUT2D eigenvalue weighted by Crippen LogP contribution is 2.59. The number of fused-ring (bicyclic) bond motifs is 1. The third-order valence-electron chi connectivity index (χ3n) is 8.70. The third kappa shape index (κ3) is 5.17. The average molecular weight is 405 g/mol. The topological polar surface area (TPSA) is 60.7 Å². The first-order chi connectivity index (χ1) is 13.7. The number of aliphatic hydroxyl groups excluding tert-OH is 3. The molecule has 3 fully saturated rings. The lowest BCUT2D eigenvalue weighted by Crippen LogP contribution is -2.36. The van der Waals surface area contributed by atoms with Gasteiger partial charge >= 0.3 is 0 Å². The van der Waals surface area contributed by atoms with E-state index in [2.05, 4.69) is 26.0 Å². The zero-order valence-electron chi connectivity index (χ0n) is 19.1. The highest BCUT2D eigenvalue weighted by Gasteiger charge is 2.50. The molecule has 0 heterocycles. The summed E-state index contributed by atoms with van der Waals surface area (Å²) in [6, 6.07) is 0. The van der Waals surface area contributed by atoms with Gasteiger partial charge in [-0.2, -0.15) is 0 Å². The van der Waals surface area contributed by atoms with Crippen molar-refractivity contribution in [3.05, 3.63) is 23.3 Å². The molecule has 3 aliphatic rings. The largest absolute Gasteiger partial charge is 0.393 e. The van der Waals surface area contributed by atoms with E-state index in [4.69, 9.17) is 0 Å². The highest BCUT2D eigenvalue weighted by atomic mass is 16.3. The van der Waals surface area contributed by atoms with Crippen molar-refractivity contribution in [3.8, 4) is 0 Å². The zero-order chi connectivity index (χ0) is 21.2. The first kappa shape index (κ1) is 23.0. The first-order valence-corrected chi connectivity index (χ1v) is 12.1. The van der Waals surface area contributed by atoms with Gasteiger partial charge in [-0.05, 0) is 81.5 Å². The Balaban J connectivity index is 1.68. The molecule has 29 heavy (non-hydrogen) atoms. The van der Waals surface area contributed by atoms with Gasteiger partial charge in [0.2, 0.25) is 0 Å². The fourth-order valence-electron chi connectivity index (χ4n) is 6.76. The van der Waals surface area contributed by atoms with Crippen molar-refractivity contribution >= 4 is 0 Å². The number of aliphatic hydroxyl groups is 3. The Morgan fingerprint density at radius 3 is 2.41 bits per heavy atom. The van der Waals surface area contributed by atoms with Crippen LogP contribution in [0.15, 0.2) is 23.3 Å². The Morgan fingerprint density at radius 2 is 1.76 bits per heavy atom. The summed E-state index contributed by atoms with van der Waals surface area (Å²) < 4.78 is 0. The van der Waals surface area contributed by atoms with Gasteiger partial charge in [-0.3, -0.25) is 0 Å². The standard InChI is InChI=1S/C26H44O3/c1-17(7-5-8-18(2)27)22-12-13-23-21(9-6-14-26(22,23)4)11-10-20-15-24(28)19(3)25(29)16-20/h10-11,17-19,22-25,27-29H,5-9,12-16H2,1-4H3. The zero-order valence-corrected chi connectivity index (χ0v) is 19.1. The van der Waals surface area contributed by atoms with E-state index in [9.17, 15) is 15.3 Å². The lowest BCUT2D eigenvalue weighted by molar-refractivity contribution is 0.00406. The van der Waals surface area contributed by atoms with Gasteiger partial charge in [0.1, 0.15) is 0 Å². The van der Waals surface area contributed by atoms with E-state index >= 15 is 0 Å². The molecular formula is C26H44O3. The van der Waals surface area contributed by atoms with Gasteiger partial charge < -0.3 is 15.3 Å². The van der Waals surface area contributed by atoms with Crippen molar-refractivity contribution in [1.29, 1.82) is 0 Å². The molecule has 0 saturated heterocycles. The van der Waals surface area contributed by atoms with E-state index in [1.165, 1.54) is 44.1 Å². The summed E-state index contributed by atoms with van der Waals surface area (Å²) in [5.41, 5.74) is 3.21. The first-order valence-electron chi connectivity index (χ1n) is 12.1. The molecule has 7 atom stereocenters. The molecule has 3 saturated carbocycles. The summed E-state index contributed by atoms with van der Waals surface area (Å²) in [5, 5.41) is 30.0. The second kappa shape index (κ2) is 9.66. The number of allylic oxidation sites excluding steroid dienone is 3. The Bertz CT molecular complexity index is 593. The van der Waals surface area contributed by atoms with Crippen LogP contribution in [0, 0.1) is 29.1 Å². The van der Waals surface area contributed by atoms with Crippen LogP contribution in [0.4, 0.5) is 0 Å². The molecule has 0 aromatic carbocycles. The fourth-order valence-corrected chi connectivity index (χ4v) is 6.76. The molecule has 3 heteroatoms. The number of rotatable bonds is 6.